The predicted molar refractivity (Wildman–Crippen MR) is 89.4 cm³/mol. The van der Waals surface area contributed by atoms with Gasteiger partial charge in [-0.05, 0) is 32.6 Å². The molecule has 1 aliphatic rings. The maximum absolute atomic E-state index is 9.67. The molecule has 0 unspecified atom stereocenters. The Morgan fingerprint density at radius 1 is 1.29 bits per heavy atom. The third-order valence-electron chi connectivity index (χ3n) is 4.36. The molecule has 3 aromatic heterocycles. The minimum atomic E-state index is -0.174. The molecular weight excluding hydrogens is 308 g/mol. The van der Waals surface area contributed by atoms with Crippen LogP contribution in [0.15, 0.2) is 29.2 Å². The van der Waals surface area contributed by atoms with E-state index in [0.717, 1.165) is 48.5 Å². The van der Waals surface area contributed by atoms with Crippen molar-refractivity contribution in [1.29, 1.82) is 0 Å². The molecule has 0 radical (unpaired) electrons. The van der Waals surface area contributed by atoms with Crippen LogP contribution in [0.1, 0.15) is 31.4 Å². The molecule has 0 amide bonds. The monoisotopic (exact) mass is 328 g/mol. The Morgan fingerprint density at radius 2 is 2.12 bits per heavy atom. The summed E-state index contributed by atoms with van der Waals surface area (Å²) >= 11 is 0. The van der Waals surface area contributed by atoms with Crippen LogP contribution >= 0.6 is 0 Å². The van der Waals surface area contributed by atoms with Gasteiger partial charge in [0.05, 0.1) is 18.0 Å². The molecule has 0 aliphatic heterocycles. The number of aromatic nitrogens is 4. The van der Waals surface area contributed by atoms with Gasteiger partial charge in [-0.3, -0.25) is 0 Å². The fraction of sp³-hybridized carbons (Fsp3) is 0.438. The van der Waals surface area contributed by atoms with Crippen molar-refractivity contribution in [2.24, 2.45) is 0 Å². The molecule has 0 bridgehead atoms. The number of anilines is 3. The second-order valence-electron chi connectivity index (χ2n) is 6.23. The number of nitrogens with zero attached hydrogens (tertiary/aromatic N) is 4. The van der Waals surface area contributed by atoms with Crippen molar-refractivity contribution >= 4 is 22.8 Å². The Balaban J connectivity index is 1.65. The van der Waals surface area contributed by atoms with E-state index in [2.05, 4.69) is 25.9 Å². The number of rotatable bonds is 4. The molecule has 0 spiro atoms. The Hall–Kier alpha value is -2.61. The summed E-state index contributed by atoms with van der Waals surface area (Å²) in [6.07, 6.45) is 8.63. The summed E-state index contributed by atoms with van der Waals surface area (Å²) in [6.45, 7) is 1.85. The van der Waals surface area contributed by atoms with Gasteiger partial charge in [0.1, 0.15) is 11.4 Å². The highest BCUT2D eigenvalue weighted by atomic mass is 16.5. The zero-order valence-corrected chi connectivity index (χ0v) is 13.4. The second-order valence-corrected chi connectivity index (χ2v) is 6.23. The average Bonchev–Trinajstić information content (AvgIpc) is 3.20. The van der Waals surface area contributed by atoms with Gasteiger partial charge in [0, 0.05) is 24.5 Å². The Bertz CT molecular complexity index is 834. The molecule has 3 heterocycles. The van der Waals surface area contributed by atoms with Crippen molar-refractivity contribution in [2.75, 3.05) is 10.6 Å². The SMILES string of the molecule is Cc1cc(Nc2c(NC3CCC(O)CC3)cnn3ccnc23)no1. The van der Waals surface area contributed by atoms with Crippen molar-refractivity contribution in [1.82, 2.24) is 19.8 Å². The van der Waals surface area contributed by atoms with Crippen LogP contribution in [0.4, 0.5) is 17.2 Å². The maximum Gasteiger partial charge on any atom is 0.179 e. The van der Waals surface area contributed by atoms with Crippen LogP contribution in [0, 0.1) is 6.92 Å². The highest BCUT2D eigenvalue weighted by Crippen LogP contribution is 2.31. The normalized spacial score (nSPS) is 21.1. The van der Waals surface area contributed by atoms with Gasteiger partial charge >= 0.3 is 0 Å². The van der Waals surface area contributed by atoms with Crippen molar-refractivity contribution in [3.05, 3.63) is 30.4 Å². The summed E-state index contributed by atoms with van der Waals surface area (Å²) in [4.78, 5) is 4.39. The van der Waals surface area contributed by atoms with E-state index in [4.69, 9.17) is 4.52 Å². The van der Waals surface area contributed by atoms with E-state index in [0.29, 0.717) is 11.9 Å². The fourth-order valence-electron chi connectivity index (χ4n) is 3.10. The molecule has 0 aromatic carbocycles. The number of hydrogen-bond acceptors (Lipinski definition) is 7. The number of aliphatic hydroxyl groups is 1. The van der Waals surface area contributed by atoms with Gasteiger partial charge in [-0.15, -0.1) is 0 Å². The van der Waals surface area contributed by atoms with E-state index in [-0.39, 0.29) is 6.10 Å². The molecule has 1 aliphatic carbocycles. The lowest BCUT2D eigenvalue weighted by atomic mass is 9.93. The first kappa shape index (κ1) is 14.9. The van der Waals surface area contributed by atoms with Crippen LogP contribution in [0.25, 0.3) is 5.65 Å². The molecule has 4 rings (SSSR count). The third-order valence-corrected chi connectivity index (χ3v) is 4.36. The highest BCUT2D eigenvalue weighted by molar-refractivity contribution is 5.84. The lowest BCUT2D eigenvalue weighted by Crippen LogP contribution is -2.28. The molecule has 1 fully saturated rings. The first-order valence-corrected chi connectivity index (χ1v) is 8.16. The number of imidazole rings is 1. The van der Waals surface area contributed by atoms with Gasteiger partial charge in [0.25, 0.3) is 0 Å². The smallest absolute Gasteiger partial charge is 0.179 e. The average molecular weight is 328 g/mol. The van der Waals surface area contributed by atoms with Gasteiger partial charge in [0.15, 0.2) is 11.5 Å². The van der Waals surface area contributed by atoms with Crippen LogP contribution in [-0.4, -0.2) is 37.0 Å². The van der Waals surface area contributed by atoms with Crippen molar-refractivity contribution in [3.8, 4) is 0 Å². The summed E-state index contributed by atoms with van der Waals surface area (Å²) in [7, 11) is 0. The molecule has 3 N–H and O–H groups in total. The minimum absolute atomic E-state index is 0.174. The Labute approximate surface area is 138 Å². The zero-order valence-electron chi connectivity index (χ0n) is 13.4. The van der Waals surface area contributed by atoms with Gasteiger partial charge in [-0.25, -0.2) is 9.50 Å². The van der Waals surface area contributed by atoms with Crippen molar-refractivity contribution < 1.29 is 9.63 Å². The summed E-state index contributed by atoms with van der Waals surface area (Å²) in [5, 5.41) is 24.9. The first-order chi connectivity index (χ1) is 11.7. The lowest BCUT2D eigenvalue weighted by Gasteiger charge is -2.27. The van der Waals surface area contributed by atoms with Gasteiger partial charge in [0.2, 0.25) is 0 Å². The Kier molecular flexibility index (Phi) is 3.81. The quantitative estimate of drug-likeness (QED) is 0.676. The number of nitrogens with one attached hydrogen (secondary N) is 2. The van der Waals surface area contributed by atoms with Crippen LogP contribution in [0.2, 0.25) is 0 Å². The van der Waals surface area contributed by atoms with E-state index in [1.807, 2.05) is 13.0 Å². The number of fused-ring (bicyclic) bond motifs is 1. The zero-order chi connectivity index (χ0) is 16.5. The largest absolute Gasteiger partial charge is 0.393 e. The Morgan fingerprint density at radius 3 is 2.88 bits per heavy atom. The van der Waals surface area contributed by atoms with E-state index in [1.165, 1.54) is 0 Å². The van der Waals surface area contributed by atoms with Crippen molar-refractivity contribution in [3.63, 3.8) is 0 Å². The summed E-state index contributed by atoms with van der Waals surface area (Å²) in [5.74, 6) is 1.37. The third kappa shape index (κ3) is 2.92. The van der Waals surface area contributed by atoms with E-state index < -0.39 is 0 Å². The summed E-state index contributed by atoms with van der Waals surface area (Å²) in [6, 6.07) is 2.15. The summed E-state index contributed by atoms with van der Waals surface area (Å²) < 4.78 is 6.84. The highest BCUT2D eigenvalue weighted by Gasteiger charge is 2.21. The number of hydrogen-bond donors (Lipinski definition) is 3. The van der Waals surface area contributed by atoms with Crippen molar-refractivity contribution in [2.45, 2.75) is 44.8 Å². The number of aryl methyl sites for hydroxylation is 1. The summed E-state index contributed by atoms with van der Waals surface area (Å²) in [5.41, 5.74) is 2.40. The number of aliphatic hydroxyl groups excluding tert-OH is 1. The van der Waals surface area contributed by atoms with E-state index in [1.54, 1.807) is 23.1 Å². The molecule has 0 atom stereocenters. The molecule has 24 heavy (non-hydrogen) atoms. The van der Waals surface area contributed by atoms with Gasteiger partial charge in [-0.2, -0.15) is 5.10 Å². The van der Waals surface area contributed by atoms with E-state index in [9.17, 15) is 5.11 Å². The van der Waals surface area contributed by atoms with Gasteiger partial charge in [-0.1, -0.05) is 5.16 Å². The van der Waals surface area contributed by atoms with Crippen LogP contribution in [-0.2, 0) is 0 Å². The van der Waals surface area contributed by atoms with Crippen LogP contribution in [0.5, 0.6) is 0 Å². The van der Waals surface area contributed by atoms with Crippen LogP contribution < -0.4 is 10.6 Å². The molecule has 8 heteroatoms. The molecule has 126 valence electrons. The molecule has 8 nitrogen and oxygen atoms in total. The molecular formula is C16H20N6O2. The second kappa shape index (κ2) is 6.12. The fourth-order valence-corrected chi connectivity index (χ4v) is 3.10. The first-order valence-electron chi connectivity index (χ1n) is 8.16. The van der Waals surface area contributed by atoms with E-state index >= 15 is 0 Å². The minimum Gasteiger partial charge on any atom is -0.393 e. The molecule has 0 saturated heterocycles. The maximum atomic E-state index is 9.67. The predicted octanol–water partition coefficient (Wildman–Crippen LogP) is 2.48. The molecule has 3 aromatic rings. The topological polar surface area (TPSA) is 101 Å². The van der Waals surface area contributed by atoms with Crippen LogP contribution in [0.3, 0.4) is 0 Å². The van der Waals surface area contributed by atoms with Gasteiger partial charge < -0.3 is 20.3 Å². The molecule has 1 saturated carbocycles. The standard InChI is InChI=1S/C16H20N6O2/c1-10-8-14(21-24-10)20-15-13(9-18-22-7-6-17-16(15)22)19-11-2-4-12(23)5-3-11/h6-9,11-12,19,23H,2-5H2,1H3,(H,20,21). The lowest BCUT2D eigenvalue weighted by molar-refractivity contribution is 0.126.